The lowest BCUT2D eigenvalue weighted by molar-refractivity contribution is 0.349. The van der Waals surface area contributed by atoms with Gasteiger partial charge in [-0.25, -0.2) is 0 Å². The molecule has 0 radical (unpaired) electrons. The van der Waals surface area contributed by atoms with Gasteiger partial charge in [0.1, 0.15) is 0 Å². The van der Waals surface area contributed by atoms with Crippen LogP contribution in [0.4, 0.5) is 5.69 Å². The van der Waals surface area contributed by atoms with Crippen LogP contribution in [0.25, 0.3) is 0 Å². The molecule has 2 N–H and O–H groups in total. The van der Waals surface area contributed by atoms with E-state index in [0.29, 0.717) is 12.0 Å². The lowest BCUT2D eigenvalue weighted by Crippen LogP contribution is -2.38. The van der Waals surface area contributed by atoms with Crippen LogP contribution in [0, 0.1) is 12.8 Å². The quantitative estimate of drug-likeness (QED) is 0.848. The fourth-order valence-corrected chi connectivity index (χ4v) is 4.88. The number of rotatable bonds is 1. The molecule has 22 heavy (non-hydrogen) atoms. The standard InChI is InChI=1S/C19H22N2S/c1-13-6-7-18-15(10-13)17-11-14(12-20)8-9-21(17)16-4-2-3-5-19(16)22-18/h2-7,10,14,17H,8-9,11-12,20H2,1H3. The van der Waals surface area contributed by atoms with Gasteiger partial charge in [-0.05, 0) is 56.0 Å². The van der Waals surface area contributed by atoms with Gasteiger partial charge in [0.15, 0.2) is 0 Å². The number of fused-ring (bicyclic) bond motifs is 5. The van der Waals surface area contributed by atoms with E-state index < -0.39 is 0 Å². The molecule has 2 heterocycles. The van der Waals surface area contributed by atoms with Gasteiger partial charge in [-0.15, -0.1) is 0 Å². The van der Waals surface area contributed by atoms with Gasteiger partial charge >= 0.3 is 0 Å². The van der Waals surface area contributed by atoms with Crippen molar-refractivity contribution >= 4 is 17.4 Å². The Labute approximate surface area is 136 Å². The number of anilines is 1. The van der Waals surface area contributed by atoms with Crippen molar-refractivity contribution in [2.75, 3.05) is 18.0 Å². The van der Waals surface area contributed by atoms with Crippen molar-refractivity contribution < 1.29 is 0 Å². The molecule has 2 nitrogen and oxygen atoms in total. The molecule has 2 atom stereocenters. The number of para-hydroxylation sites is 1. The molecule has 4 rings (SSSR count). The Morgan fingerprint density at radius 2 is 2.05 bits per heavy atom. The smallest absolute Gasteiger partial charge is 0.0557 e. The molecule has 0 saturated carbocycles. The predicted molar refractivity (Wildman–Crippen MR) is 93.6 cm³/mol. The van der Waals surface area contributed by atoms with E-state index in [1.165, 1.54) is 39.4 Å². The lowest BCUT2D eigenvalue weighted by atomic mass is 9.86. The molecule has 1 fully saturated rings. The van der Waals surface area contributed by atoms with E-state index in [0.717, 1.165) is 13.1 Å². The third-order valence-corrected chi connectivity index (χ3v) is 6.12. The topological polar surface area (TPSA) is 29.3 Å². The molecule has 0 aromatic heterocycles. The van der Waals surface area contributed by atoms with Crippen LogP contribution < -0.4 is 10.6 Å². The molecule has 114 valence electrons. The summed E-state index contributed by atoms with van der Waals surface area (Å²) in [5.41, 5.74) is 10.2. The molecule has 2 aromatic rings. The summed E-state index contributed by atoms with van der Waals surface area (Å²) in [5.74, 6) is 0.643. The average molecular weight is 310 g/mol. The average Bonchev–Trinajstić information content (AvgIpc) is 2.69. The first kappa shape index (κ1) is 14.2. The summed E-state index contributed by atoms with van der Waals surface area (Å²) in [6.07, 6.45) is 2.37. The second-order valence-corrected chi connectivity index (χ2v) is 7.53. The second-order valence-electron chi connectivity index (χ2n) is 6.45. The molecule has 3 heteroatoms. The fraction of sp³-hybridized carbons (Fsp3) is 0.368. The summed E-state index contributed by atoms with van der Waals surface area (Å²) in [4.78, 5) is 5.39. The largest absolute Gasteiger partial charge is 0.364 e. The summed E-state index contributed by atoms with van der Waals surface area (Å²) in [6.45, 7) is 4.11. The second kappa shape index (κ2) is 5.64. The van der Waals surface area contributed by atoms with Crippen LogP contribution in [0.15, 0.2) is 52.3 Å². The van der Waals surface area contributed by atoms with Gasteiger partial charge in [-0.1, -0.05) is 41.6 Å². The maximum Gasteiger partial charge on any atom is 0.0557 e. The highest BCUT2D eigenvalue weighted by molar-refractivity contribution is 7.99. The minimum absolute atomic E-state index is 0.466. The van der Waals surface area contributed by atoms with Gasteiger partial charge in [0.2, 0.25) is 0 Å². The fourth-order valence-electron chi connectivity index (χ4n) is 3.76. The molecule has 2 aromatic carbocycles. The first-order chi connectivity index (χ1) is 10.8. The van der Waals surface area contributed by atoms with E-state index in [1.54, 1.807) is 0 Å². The van der Waals surface area contributed by atoms with E-state index in [1.807, 2.05) is 11.8 Å². The number of aryl methyl sites for hydroxylation is 1. The lowest BCUT2D eigenvalue weighted by Gasteiger charge is -2.41. The van der Waals surface area contributed by atoms with Crippen molar-refractivity contribution in [2.24, 2.45) is 11.7 Å². The maximum atomic E-state index is 5.98. The summed E-state index contributed by atoms with van der Waals surface area (Å²) < 4.78 is 0. The number of hydrogen-bond acceptors (Lipinski definition) is 3. The van der Waals surface area contributed by atoms with Crippen LogP contribution in [0.2, 0.25) is 0 Å². The van der Waals surface area contributed by atoms with Gasteiger partial charge in [0, 0.05) is 16.3 Å². The Morgan fingerprint density at radius 3 is 2.91 bits per heavy atom. The highest BCUT2D eigenvalue weighted by Gasteiger charge is 2.34. The van der Waals surface area contributed by atoms with E-state index in [-0.39, 0.29) is 0 Å². The predicted octanol–water partition coefficient (Wildman–Crippen LogP) is 4.38. The Kier molecular flexibility index (Phi) is 3.63. The SMILES string of the molecule is Cc1ccc2c(c1)C1CC(CN)CCN1c1ccccc1S2. The molecular formula is C19H22N2S. The van der Waals surface area contributed by atoms with Gasteiger partial charge < -0.3 is 10.6 Å². The van der Waals surface area contributed by atoms with Gasteiger partial charge in [0.05, 0.1) is 11.7 Å². The van der Waals surface area contributed by atoms with Crippen molar-refractivity contribution in [1.82, 2.24) is 0 Å². The Bertz CT molecular complexity index is 698. The van der Waals surface area contributed by atoms with E-state index >= 15 is 0 Å². The molecule has 0 amide bonds. The van der Waals surface area contributed by atoms with Crippen molar-refractivity contribution in [3.8, 4) is 0 Å². The van der Waals surface area contributed by atoms with Crippen molar-refractivity contribution in [3.05, 3.63) is 53.6 Å². The zero-order chi connectivity index (χ0) is 15.1. The molecule has 0 aliphatic carbocycles. The van der Waals surface area contributed by atoms with Crippen LogP contribution in [0.3, 0.4) is 0 Å². The van der Waals surface area contributed by atoms with Gasteiger partial charge in [0.25, 0.3) is 0 Å². The minimum atomic E-state index is 0.466. The highest BCUT2D eigenvalue weighted by atomic mass is 32.2. The highest BCUT2D eigenvalue weighted by Crippen LogP contribution is 2.49. The van der Waals surface area contributed by atoms with Crippen LogP contribution in [-0.2, 0) is 0 Å². The molecule has 2 aliphatic rings. The first-order valence-electron chi connectivity index (χ1n) is 8.10. The molecule has 2 aliphatic heterocycles. The maximum absolute atomic E-state index is 5.98. The van der Waals surface area contributed by atoms with Crippen LogP contribution in [0.1, 0.15) is 30.0 Å². The number of hydrogen-bond donors (Lipinski definition) is 1. The molecule has 2 unspecified atom stereocenters. The number of nitrogens with two attached hydrogens (primary N) is 1. The molecule has 0 spiro atoms. The van der Waals surface area contributed by atoms with Crippen LogP contribution in [-0.4, -0.2) is 13.1 Å². The Morgan fingerprint density at radius 1 is 1.18 bits per heavy atom. The third-order valence-electron chi connectivity index (χ3n) is 4.96. The zero-order valence-electron chi connectivity index (χ0n) is 13.0. The van der Waals surface area contributed by atoms with E-state index in [9.17, 15) is 0 Å². The van der Waals surface area contributed by atoms with Gasteiger partial charge in [-0.3, -0.25) is 0 Å². The van der Waals surface area contributed by atoms with E-state index in [4.69, 9.17) is 5.73 Å². The minimum Gasteiger partial charge on any atom is -0.364 e. The monoisotopic (exact) mass is 310 g/mol. The van der Waals surface area contributed by atoms with Crippen LogP contribution in [0.5, 0.6) is 0 Å². The summed E-state index contributed by atoms with van der Waals surface area (Å²) in [7, 11) is 0. The third kappa shape index (κ3) is 2.33. The Hall–Kier alpha value is -1.45. The normalized spacial score (nSPS) is 23.3. The van der Waals surface area contributed by atoms with Crippen molar-refractivity contribution in [1.29, 1.82) is 0 Å². The summed E-state index contributed by atoms with van der Waals surface area (Å²) in [6, 6.07) is 16.2. The van der Waals surface area contributed by atoms with Crippen LogP contribution >= 0.6 is 11.8 Å². The van der Waals surface area contributed by atoms with Crippen molar-refractivity contribution in [2.45, 2.75) is 35.6 Å². The van der Waals surface area contributed by atoms with E-state index in [2.05, 4.69) is 54.3 Å². The van der Waals surface area contributed by atoms with Crippen molar-refractivity contribution in [3.63, 3.8) is 0 Å². The molecule has 0 bridgehead atoms. The number of benzene rings is 2. The number of nitrogens with zero attached hydrogens (tertiary/aromatic N) is 1. The molecular weight excluding hydrogens is 288 g/mol. The zero-order valence-corrected chi connectivity index (χ0v) is 13.8. The summed E-state index contributed by atoms with van der Waals surface area (Å²) >= 11 is 1.91. The molecule has 1 saturated heterocycles. The number of piperidine rings is 1. The Balaban J connectivity index is 1.87. The first-order valence-corrected chi connectivity index (χ1v) is 8.92. The summed E-state index contributed by atoms with van der Waals surface area (Å²) in [5, 5.41) is 0. The van der Waals surface area contributed by atoms with Gasteiger partial charge in [-0.2, -0.15) is 0 Å².